The second-order valence-electron chi connectivity index (χ2n) is 3.09. The normalized spacial score (nSPS) is 9.19. The van der Waals surface area contributed by atoms with Gasteiger partial charge in [0.15, 0.2) is 0 Å². The van der Waals surface area contributed by atoms with Crippen LogP contribution in [0.15, 0.2) is 6.33 Å². The van der Waals surface area contributed by atoms with Crippen LogP contribution >= 0.6 is 0 Å². The predicted molar refractivity (Wildman–Crippen MR) is 59.3 cm³/mol. The number of nitrogens with two attached hydrogens (primary N) is 1. The SMILES string of the molecule is CCc1c(N)ncnc1N(CC#N)CC#N. The molecule has 0 atom stereocenters. The van der Waals surface area contributed by atoms with E-state index in [1.54, 1.807) is 4.90 Å². The first kappa shape index (κ1) is 11.7. The molecule has 0 saturated carbocycles. The molecule has 0 aromatic carbocycles. The van der Waals surface area contributed by atoms with Crippen molar-refractivity contribution in [3.8, 4) is 12.1 Å². The number of nitriles is 2. The highest BCUT2D eigenvalue weighted by atomic mass is 15.2. The molecule has 0 unspecified atom stereocenters. The van der Waals surface area contributed by atoms with Gasteiger partial charge in [0, 0.05) is 5.56 Å². The molecule has 0 saturated heterocycles. The van der Waals surface area contributed by atoms with Crippen LogP contribution in [0, 0.1) is 22.7 Å². The summed E-state index contributed by atoms with van der Waals surface area (Å²) in [5.74, 6) is 0.964. The van der Waals surface area contributed by atoms with E-state index in [1.165, 1.54) is 6.33 Å². The van der Waals surface area contributed by atoms with Gasteiger partial charge in [0.2, 0.25) is 0 Å². The summed E-state index contributed by atoms with van der Waals surface area (Å²) in [7, 11) is 0. The fraction of sp³-hybridized carbons (Fsp3) is 0.400. The molecule has 82 valence electrons. The lowest BCUT2D eigenvalue weighted by atomic mass is 10.2. The topological polar surface area (TPSA) is 103 Å². The van der Waals surface area contributed by atoms with Crippen molar-refractivity contribution in [3.05, 3.63) is 11.9 Å². The van der Waals surface area contributed by atoms with Crippen LogP contribution in [0.5, 0.6) is 0 Å². The number of hydrogen-bond acceptors (Lipinski definition) is 6. The summed E-state index contributed by atoms with van der Waals surface area (Å²) < 4.78 is 0. The Morgan fingerprint density at radius 3 is 2.44 bits per heavy atom. The van der Waals surface area contributed by atoms with Gasteiger partial charge in [-0.2, -0.15) is 10.5 Å². The second kappa shape index (κ2) is 5.52. The Kier molecular flexibility index (Phi) is 4.05. The van der Waals surface area contributed by atoms with E-state index < -0.39 is 0 Å². The first-order valence-electron chi connectivity index (χ1n) is 4.82. The van der Waals surface area contributed by atoms with Crippen molar-refractivity contribution < 1.29 is 0 Å². The molecule has 1 heterocycles. The summed E-state index contributed by atoms with van der Waals surface area (Å²) in [5, 5.41) is 17.4. The van der Waals surface area contributed by atoms with Gasteiger partial charge in [-0.1, -0.05) is 6.92 Å². The van der Waals surface area contributed by atoms with E-state index in [0.29, 0.717) is 18.1 Å². The van der Waals surface area contributed by atoms with Crippen molar-refractivity contribution >= 4 is 11.6 Å². The minimum Gasteiger partial charge on any atom is -0.383 e. The number of rotatable bonds is 4. The van der Waals surface area contributed by atoms with Crippen LogP contribution < -0.4 is 10.6 Å². The fourth-order valence-corrected chi connectivity index (χ4v) is 1.40. The van der Waals surface area contributed by atoms with E-state index in [0.717, 1.165) is 5.56 Å². The van der Waals surface area contributed by atoms with Crippen LogP contribution in [-0.2, 0) is 6.42 Å². The van der Waals surface area contributed by atoms with Crippen LogP contribution in [0.25, 0.3) is 0 Å². The third kappa shape index (κ3) is 2.37. The van der Waals surface area contributed by atoms with E-state index in [2.05, 4.69) is 9.97 Å². The molecule has 0 amide bonds. The molecular formula is C10H12N6. The molecule has 0 spiro atoms. The summed E-state index contributed by atoms with van der Waals surface area (Å²) in [4.78, 5) is 9.55. The summed E-state index contributed by atoms with van der Waals surface area (Å²) in [6, 6.07) is 3.99. The molecule has 0 radical (unpaired) electrons. The molecule has 0 aliphatic heterocycles. The molecule has 0 aliphatic carbocycles. The van der Waals surface area contributed by atoms with Gasteiger partial charge < -0.3 is 10.6 Å². The minimum absolute atomic E-state index is 0.108. The van der Waals surface area contributed by atoms with Crippen LogP contribution in [-0.4, -0.2) is 23.1 Å². The Morgan fingerprint density at radius 1 is 1.31 bits per heavy atom. The zero-order chi connectivity index (χ0) is 12.0. The van der Waals surface area contributed by atoms with Gasteiger partial charge in [0.1, 0.15) is 31.1 Å². The molecule has 6 heteroatoms. The largest absolute Gasteiger partial charge is 0.383 e. The van der Waals surface area contributed by atoms with Crippen LogP contribution in [0.1, 0.15) is 12.5 Å². The highest BCUT2D eigenvalue weighted by Crippen LogP contribution is 2.21. The quantitative estimate of drug-likeness (QED) is 0.734. The molecule has 0 bridgehead atoms. The summed E-state index contributed by atoms with van der Waals surface area (Å²) >= 11 is 0. The van der Waals surface area contributed by atoms with Crippen molar-refractivity contribution in [1.29, 1.82) is 10.5 Å². The molecule has 1 aromatic heterocycles. The highest BCUT2D eigenvalue weighted by Gasteiger charge is 2.14. The van der Waals surface area contributed by atoms with Gasteiger partial charge >= 0.3 is 0 Å². The number of aromatic nitrogens is 2. The Labute approximate surface area is 93.9 Å². The average Bonchev–Trinajstić information content (AvgIpc) is 2.28. The maximum atomic E-state index is 8.68. The van der Waals surface area contributed by atoms with E-state index >= 15 is 0 Å². The summed E-state index contributed by atoms with van der Waals surface area (Å²) in [5.41, 5.74) is 6.49. The molecule has 1 rings (SSSR count). The summed E-state index contributed by atoms with van der Waals surface area (Å²) in [6.07, 6.45) is 2.00. The lowest BCUT2D eigenvalue weighted by molar-refractivity contribution is 0.901. The Hall–Kier alpha value is -2.34. The van der Waals surface area contributed by atoms with Gasteiger partial charge in [0.25, 0.3) is 0 Å². The molecule has 6 nitrogen and oxygen atoms in total. The molecule has 16 heavy (non-hydrogen) atoms. The monoisotopic (exact) mass is 216 g/mol. The smallest absolute Gasteiger partial charge is 0.139 e. The Bertz CT molecular complexity index is 426. The highest BCUT2D eigenvalue weighted by molar-refractivity contribution is 5.57. The zero-order valence-electron chi connectivity index (χ0n) is 9.01. The van der Waals surface area contributed by atoms with Crippen LogP contribution in [0.4, 0.5) is 11.6 Å². The molecular weight excluding hydrogens is 204 g/mol. The van der Waals surface area contributed by atoms with Crippen molar-refractivity contribution in [1.82, 2.24) is 9.97 Å². The number of anilines is 2. The van der Waals surface area contributed by atoms with Crippen molar-refractivity contribution in [2.45, 2.75) is 13.3 Å². The maximum Gasteiger partial charge on any atom is 0.139 e. The number of nitrogen functional groups attached to an aromatic ring is 1. The molecule has 2 N–H and O–H groups in total. The van der Waals surface area contributed by atoms with Gasteiger partial charge in [-0.25, -0.2) is 9.97 Å². The minimum atomic E-state index is 0.108. The van der Waals surface area contributed by atoms with Crippen LogP contribution in [0.3, 0.4) is 0 Å². The Balaban J connectivity index is 3.14. The molecule has 0 fully saturated rings. The zero-order valence-corrected chi connectivity index (χ0v) is 9.01. The van der Waals surface area contributed by atoms with Crippen molar-refractivity contribution in [2.24, 2.45) is 0 Å². The predicted octanol–water partition coefficient (Wildman–Crippen LogP) is 0.475. The first-order chi connectivity index (χ1) is 7.74. The third-order valence-electron chi connectivity index (χ3n) is 2.13. The first-order valence-corrected chi connectivity index (χ1v) is 4.82. The molecule has 1 aromatic rings. The van der Waals surface area contributed by atoms with Gasteiger partial charge in [-0.05, 0) is 6.42 Å². The van der Waals surface area contributed by atoms with E-state index in [4.69, 9.17) is 16.3 Å². The van der Waals surface area contributed by atoms with Crippen molar-refractivity contribution in [3.63, 3.8) is 0 Å². The third-order valence-corrected chi connectivity index (χ3v) is 2.13. The number of hydrogen-bond donors (Lipinski definition) is 1. The molecule has 0 aliphatic rings. The van der Waals surface area contributed by atoms with Gasteiger partial charge in [-0.3, -0.25) is 0 Å². The van der Waals surface area contributed by atoms with E-state index in [1.807, 2.05) is 19.1 Å². The Morgan fingerprint density at radius 2 is 1.94 bits per heavy atom. The fourth-order valence-electron chi connectivity index (χ4n) is 1.40. The summed E-state index contributed by atoms with van der Waals surface area (Å²) in [6.45, 7) is 2.14. The van der Waals surface area contributed by atoms with Crippen LogP contribution in [0.2, 0.25) is 0 Å². The lowest BCUT2D eigenvalue weighted by Crippen LogP contribution is -2.26. The van der Waals surface area contributed by atoms with Gasteiger partial charge in [0.05, 0.1) is 12.1 Å². The van der Waals surface area contributed by atoms with Crippen molar-refractivity contribution in [2.75, 3.05) is 23.7 Å². The van der Waals surface area contributed by atoms with E-state index in [9.17, 15) is 0 Å². The second-order valence-corrected chi connectivity index (χ2v) is 3.09. The average molecular weight is 216 g/mol. The lowest BCUT2D eigenvalue weighted by Gasteiger charge is -2.20. The number of nitrogens with zero attached hydrogens (tertiary/aromatic N) is 5. The van der Waals surface area contributed by atoms with E-state index in [-0.39, 0.29) is 13.1 Å². The van der Waals surface area contributed by atoms with Gasteiger partial charge in [-0.15, -0.1) is 0 Å². The standard InChI is InChI=1S/C10H12N6/c1-2-8-9(13)14-7-15-10(8)16(5-3-11)6-4-12/h7H,2,5-6H2,1H3,(H2,13,14,15). The maximum absolute atomic E-state index is 8.68.